The fourth-order valence-corrected chi connectivity index (χ4v) is 2.11. The molecule has 0 unspecified atom stereocenters. The van der Waals surface area contributed by atoms with E-state index in [4.69, 9.17) is 9.15 Å². The number of amides is 1. The highest BCUT2D eigenvalue weighted by Crippen LogP contribution is 2.29. The fourth-order valence-electron chi connectivity index (χ4n) is 2.11. The molecular formula is C18H16N2O3. The zero-order valence-electron chi connectivity index (χ0n) is 12.7. The summed E-state index contributed by atoms with van der Waals surface area (Å²) in [4.78, 5) is 16.2. The van der Waals surface area contributed by atoms with Crippen LogP contribution in [0.1, 0.15) is 11.5 Å². The molecule has 0 fully saturated rings. The van der Waals surface area contributed by atoms with Crippen LogP contribution in [-0.2, 0) is 11.2 Å². The predicted molar refractivity (Wildman–Crippen MR) is 86.5 cm³/mol. The van der Waals surface area contributed by atoms with Gasteiger partial charge >= 0.3 is 0 Å². The van der Waals surface area contributed by atoms with Gasteiger partial charge in [0.05, 0.1) is 17.8 Å². The van der Waals surface area contributed by atoms with Crippen molar-refractivity contribution in [1.29, 1.82) is 0 Å². The Hall–Kier alpha value is -3.08. The molecule has 5 heteroatoms. The number of hydrogen-bond donors (Lipinski definition) is 1. The summed E-state index contributed by atoms with van der Waals surface area (Å²) < 4.78 is 11.0. The van der Waals surface area contributed by atoms with Crippen LogP contribution in [0.15, 0.2) is 65.4 Å². The Morgan fingerprint density at radius 1 is 1.13 bits per heavy atom. The summed E-state index contributed by atoms with van der Waals surface area (Å²) in [5.41, 5.74) is 1.33. The van der Waals surface area contributed by atoms with Crippen molar-refractivity contribution in [3.8, 4) is 11.5 Å². The van der Waals surface area contributed by atoms with E-state index in [2.05, 4.69) is 10.3 Å². The van der Waals surface area contributed by atoms with Gasteiger partial charge in [-0.1, -0.05) is 30.3 Å². The lowest BCUT2D eigenvalue weighted by molar-refractivity contribution is -0.115. The summed E-state index contributed by atoms with van der Waals surface area (Å²) in [6.07, 6.45) is 1.47. The molecule has 1 amide bonds. The zero-order chi connectivity index (χ0) is 16.1. The standard InChI is InChI=1S/C18H16N2O3/c1-13-17(22-12-19-13)11-18(21)20-15-9-5-6-10-16(15)23-14-7-3-2-4-8-14/h2-10,12H,11H2,1H3,(H,20,21). The summed E-state index contributed by atoms with van der Waals surface area (Å²) in [6.45, 7) is 1.80. The number of nitrogens with zero attached hydrogens (tertiary/aromatic N) is 1. The lowest BCUT2D eigenvalue weighted by Crippen LogP contribution is -2.15. The van der Waals surface area contributed by atoms with Crippen LogP contribution in [0.5, 0.6) is 11.5 Å². The third kappa shape index (κ3) is 3.77. The number of ether oxygens (including phenoxy) is 1. The molecule has 0 aliphatic carbocycles. The van der Waals surface area contributed by atoms with E-state index < -0.39 is 0 Å². The monoisotopic (exact) mass is 308 g/mol. The Balaban J connectivity index is 1.73. The predicted octanol–water partition coefficient (Wildman–Crippen LogP) is 3.96. The average molecular weight is 308 g/mol. The summed E-state index contributed by atoms with van der Waals surface area (Å²) in [7, 11) is 0. The number of carbonyl (C=O) groups is 1. The average Bonchev–Trinajstić information content (AvgIpc) is 2.95. The molecule has 0 spiro atoms. The van der Waals surface area contributed by atoms with Crippen LogP contribution >= 0.6 is 0 Å². The molecule has 3 rings (SSSR count). The molecule has 116 valence electrons. The molecule has 23 heavy (non-hydrogen) atoms. The van der Waals surface area contributed by atoms with Gasteiger partial charge in [-0.15, -0.1) is 0 Å². The summed E-state index contributed by atoms with van der Waals surface area (Å²) in [5, 5.41) is 2.84. The fraction of sp³-hybridized carbons (Fsp3) is 0.111. The van der Waals surface area contributed by atoms with E-state index in [0.717, 1.165) is 0 Å². The van der Waals surface area contributed by atoms with Crippen molar-refractivity contribution >= 4 is 11.6 Å². The van der Waals surface area contributed by atoms with Crippen molar-refractivity contribution in [3.05, 3.63) is 72.4 Å². The molecule has 0 aliphatic heterocycles. The van der Waals surface area contributed by atoms with Crippen LogP contribution in [0.3, 0.4) is 0 Å². The number of aryl methyl sites for hydroxylation is 1. The third-order valence-corrected chi connectivity index (χ3v) is 3.30. The lowest BCUT2D eigenvalue weighted by Gasteiger charge is -2.11. The van der Waals surface area contributed by atoms with Gasteiger partial charge in [-0.2, -0.15) is 0 Å². The van der Waals surface area contributed by atoms with Crippen LogP contribution < -0.4 is 10.1 Å². The highest BCUT2D eigenvalue weighted by Gasteiger charge is 2.12. The van der Waals surface area contributed by atoms with Crippen LogP contribution in [0.25, 0.3) is 0 Å². The molecule has 0 atom stereocenters. The lowest BCUT2D eigenvalue weighted by atomic mass is 10.2. The number of hydrogen-bond acceptors (Lipinski definition) is 4. The van der Waals surface area contributed by atoms with E-state index in [0.29, 0.717) is 28.6 Å². The molecule has 1 heterocycles. The Kier molecular flexibility index (Phi) is 4.38. The Bertz CT molecular complexity index is 797. The number of rotatable bonds is 5. The normalized spacial score (nSPS) is 10.3. The number of nitrogens with one attached hydrogen (secondary N) is 1. The molecule has 3 aromatic rings. The molecule has 1 aromatic heterocycles. The topological polar surface area (TPSA) is 64.4 Å². The van der Waals surface area contributed by atoms with Gasteiger partial charge in [0.25, 0.3) is 0 Å². The number of benzene rings is 2. The maximum Gasteiger partial charge on any atom is 0.232 e. The van der Waals surface area contributed by atoms with Gasteiger partial charge in [0.2, 0.25) is 5.91 Å². The van der Waals surface area contributed by atoms with E-state index >= 15 is 0 Å². The highest BCUT2D eigenvalue weighted by atomic mass is 16.5. The second kappa shape index (κ2) is 6.79. The molecule has 1 N–H and O–H groups in total. The molecule has 2 aromatic carbocycles. The van der Waals surface area contributed by atoms with Crippen LogP contribution in [0.2, 0.25) is 0 Å². The Morgan fingerprint density at radius 3 is 2.61 bits per heavy atom. The van der Waals surface area contributed by atoms with Gasteiger partial charge < -0.3 is 14.5 Å². The SMILES string of the molecule is Cc1ncoc1CC(=O)Nc1ccccc1Oc1ccccc1. The largest absolute Gasteiger partial charge is 0.455 e. The molecule has 0 aliphatic rings. The Morgan fingerprint density at radius 2 is 1.87 bits per heavy atom. The number of aromatic nitrogens is 1. The summed E-state index contributed by atoms with van der Waals surface area (Å²) in [6, 6.07) is 16.7. The van der Waals surface area contributed by atoms with Gasteiger partial charge in [-0.25, -0.2) is 4.98 Å². The van der Waals surface area contributed by atoms with Crippen molar-refractivity contribution in [2.75, 3.05) is 5.32 Å². The first-order chi connectivity index (χ1) is 11.2. The molecule has 0 saturated heterocycles. The Labute approximate surface area is 133 Å². The van der Waals surface area contributed by atoms with Crippen molar-refractivity contribution < 1.29 is 13.9 Å². The summed E-state index contributed by atoms with van der Waals surface area (Å²) in [5.74, 6) is 1.67. The van der Waals surface area contributed by atoms with Gasteiger partial charge in [0.15, 0.2) is 12.1 Å². The molecule has 0 radical (unpaired) electrons. The second-order valence-corrected chi connectivity index (χ2v) is 5.00. The number of para-hydroxylation sites is 3. The van der Waals surface area contributed by atoms with E-state index in [9.17, 15) is 4.79 Å². The van der Waals surface area contributed by atoms with Crippen molar-refractivity contribution in [2.45, 2.75) is 13.3 Å². The third-order valence-electron chi connectivity index (χ3n) is 3.30. The van der Waals surface area contributed by atoms with Crippen molar-refractivity contribution in [1.82, 2.24) is 4.98 Å². The van der Waals surface area contributed by atoms with E-state index in [1.54, 1.807) is 13.0 Å². The zero-order valence-corrected chi connectivity index (χ0v) is 12.7. The highest BCUT2D eigenvalue weighted by molar-refractivity contribution is 5.93. The number of carbonyl (C=O) groups excluding carboxylic acids is 1. The first-order valence-electron chi connectivity index (χ1n) is 7.23. The quantitative estimate of drug-likeness (QED) is 0.775. The van der Waals surface area contributed by atoms with Crippen molar-refractivity contribution in [3.63, 3.8) is 0 Å². The van der Waals surface area contributed by atoms with Gasteiger partial charge in [0, 0.05) is 0 Å². The van der Waals surface area contributed by atoms with Gasteiger partial charge in [-0.3, -0.25) is 4.79 Å². The first-order valence-corrected chi connectivity index (χ1v) is 7.23. The molecule has 0 saturated carbocycles. The van der Waals surface area contributed by atoms with E-state index in [-0.39, 0.29) is 12.3 Å². The molecule has 5 nitrogen and oxygen atoms in total. The van der Waals surface area contributed by atoms with Crippen LogP contribution in [0, 0.1) is 6.92 Å². The molecule has 0 bridgehead atoms. The first kappa shape index (κ1) is 14.8. The maximum absolute atomic E-state index is 12.2. The van der Waals surface area contributed by atoms with Crippen LogP contribution in [-0.4, -0.2) is 10.9 Å². The minimum Gasteiger partial charge on any atom is -0.455 e. The minimum absolute atomic E-state index is 0.130. The van der Waals surface area contributed by atoms with E-state index in [1.807, 2.05) is 48.5 Å². The van der Waals surface area contributed by atoms with Gasteiger partial charge in [-0.05, 0) is 31.2 Å². The minimum atomic E-state index is -0.186. The van der Waals surface area contributed by atoms with Crippen LogP contribution in [0.4, 0.5) is 5.69 Å². The number of oxazole rings is 1. The van der Waals surface area contributed by atoms with Crippen molar-refractivity contribution in [2.24, 2.45) is 0 Å². The smallest absolute Gasteiger partial charge is 0.232 e. The van der Waals surface area contributed by atoms with E-state index in [1.165, 1.54) is 6.39 Å². The number of anilines is 1. The maximum atomic E-state index is 12.2. The second-order valence-electron chi connectivity index (χ2n) is 5.00. The summed E-state index contributed by atoms with van der Waals surface area (Å²) >= 11 is 0. The van der Waals surface area contributed by atoms with Gasteiger partial charge in [0.1, 0.15) is 11.5 Å². The molecular weight excluding hydrogens is 292 g/mol.